The molecule has 1 aromatic carbocycles. The number of carbonyl (C=O) groups is 1. The van der Waals surface area contributed by atoms with Gasteiger partial charge in [0.25, 0.3) is 5.91 Å². The molecule has 0 spiro atoms. The molecule has 1 saturated heterocycles. The van der Waals surface area contributed by atoms with E-state index in [0.717, 1.165) is 59.7 Å². The summed E-state index contributed by atoms with van der Waals surface area (Å²) in [7, 11) is 0. The van der Waals surface area contributed by atoms with E-state index in [1.165, 1.54) is 0 Å². The fourth-order valence-corrected chi connectivity index (χ4v) is 4.57. The lowest BCUT2D eigenvalue weighted by Gasteiger charge is -2.27. The van der Waals surface area contributed by atoms with Gasteiger partial charge < -0.3 is 25.7 Å². The first-order chi connectivity index (χ1) is 15.7. The van der Waals surface area contributed by atoms with Gasteiger partial charge in [-0.2, -0.15) is 0 Å². The Morgan fingerprint density at radius 3 is 2.94 bits per heavy atom. The molecule has 7 nitrogen and oxygen atoms in total. The maximum atomic E-state index is 12.9. The van der Waals surface area contributed by atoms with E-state index in [2.05, 4.69) is 32.8 Å². The molecule has 1 atom stereocenters. The zero-order chi connectivity index (χ0) is 22.1. The average molecular weight is 452 g/mol. The first-order valence-corrected chi connectivity index (χ1v) is 11.4. The van der Waals surface area contributed by atoms with Gasteiger partial charge in [-0.15, -0.1) is 0 Å². The average Bonchev–Trinajstić information content (AvgIpc) is 3.12. The van der Waals surface area contributed by atoms with Crippen molar-refractivity contribution in [3.63, 3.8) is 0 Å². The largest absolute Gasteiger partial charge is 0.490 e. The van der Waals surface area contributed by atoms with Crippen molar-refractivity contribution in [2.45, 2.75) is 32.2 Å². The van der Waals surface area contributed by atoms with Crippen molar-refractivity contribution in [1.82, 2.24) is 20.6 Å². The standard InChI is InChI=1S/C24H26ClN5O2/c1-2-15-17(25)4-3-5-18(15)29-23-21-19(8-11-28-24(21)31)30-22(23)16-7-9-26-12-20(16)32-13-14-6-10-27-14/h3-5,7,9,12,14,27,29-30H,2,6,8,10-11,13H2,1H3,(H,28,31)/t14-/m1/s1. The number of halogens is 1. The SMILES string of the molecule is CCc1c(Cl)cccc1Nc1c(-c2ccncc2OC[C@H]2CCN2)[nH]c2c1C(=O)NCC2. The van der Waals surface area contributed by atoms with Gasteiger partial charge in [0.15, 0.2) is 0 Å². The molecule has 0 radical (unpaired) electrons. The van der Waals surface area contributed by atoms with Crippen LogP contribution in [0, 0.1) is 0 Å². The number of hydrogen-bond donors (Lipinski definition) is 4. The molecule has 4 N–H and O–H groups in total. The minimum Gasteiger partial charge on any atom is -0.490 e. The number of anilines is 2. The number of benzene rings is 1. The van der Waals surface area contributed by atoms with Crippen LogP contribution in [-0.4, -0.2) is 41.6 Å². The van der Waals surface area contributed by atoms with Crippen molar-refractivity contribution < 1.29 is 9.53 Å². The maximum Gasteiger partial charge on any atom is 0.255 e. The normalized spacial score (nSPS) is 17.3. The van der Waals surface area contributed by atoms with Crippen LogP contribution >= 0.6 is 11.6 Å². The first-order valence-electron chi connectivity index (χ1n) is 11.0. The van der Waals surface area contributed by atoms with Crippen LogP contribution in [0.3, 0.4) is 0 Å². The summed E-state index contributed by atoms with van der Waals surface area (Å²) in [6.45, 7) is 4.28. The van der Waals surface area contributed by atoms with Crippen molar-refractivity contribution in [2.24, 2.45) is 0 Å². The molecule has 8 heteroatoms. The Morgan fingerprint density at radius 1 is 1.28 bits per heavy atom. The lowest BCUT2D eigenvalue weighted by Crippen LogP contribution is -2.46. The third-order valence-electron chi connectivity index (χ3n) is 6.12. The zero-order valence-corrected chi connectivity index (χ0v) is 18.7. The van der Waals surface area contributed by atoms with Crippen LogP contribution in [0.4, 0.5) is 11.4 Å². The maximum absolute atomic E-state index is 12.9. The minimum absolute atomic E-state index is 0.0912. The molecule has 32 heavy (non-hydrogen) atoms. The summed E-state index contributed by atoms with van der Waals surface area (Å²) in [4.78, 5) is 20.6. The molecule has 1 fully saturated rings. The number of aromatic amines is 1. The Hall–Kier alpha value is -3.03. The predicted molar refractivity (Wildman–Crippen MR) is 126 cm³/mol. The number of ether oxygens (including phenoxy) is 1. The number of hydrogen-bond acceptors (Lipinski definition) is 5. The molecule has 2 aliphatic heterocycles. The molecular weight excluding hydrogens is 426 g/mol. The van der Waals surface area contributed by atoms with Crippen molar-refractivity contribution in [3.05, 3.63) is 58.5 Å². The van der Waals surface area contributed by atoms with Gasteiger partial charge in [-0.05, 0) is 43.1 Å². The smallest absolute Gasteiger partial charge is 0.255 e. The molecule has 2 aliphatic rings. The molecular formula is C24H26ClN5O2. The highest BCUT2D eigenvalue weighted by atomic mass is 35.5. The Bertz CT molecular complexity index is 1160. The van der Waals surface area contributed by atoms with Crippen LogP contribution in [0.5, 0.6) is 5.75 Å². The van der Waals surface area contributed by atoms with E-state index in [9.17, 15) is 4.79 Å². The number of carbonyl (C=O) groups excluding carboxylic acids is 1. The molecule has 0 aliphatic carbocycles. The Morgan fingerprint density at radius 2 is 2.16 bits per heavy atom. The summed E-state index contributed by atoms with van der Waals surface area (Å²) in [5.74, 6) is 0.594. The quantitative estimate of drug-likeness (QED) is 0.435. The zero-order valence-electron chi connectivity index (χ0n) is 17.9. The fraction of sp³-hybridized carbons (Fsp3) is 0.333. The first kappa shape index (κ1) is 20.8. The molecule has 166 valence electrons. The number of pyridine rings is 1. The van der Waals surface area contributed by atoms with Gasteiger partial charge in [-0.1, -0.05) is 24.6 Å². The van der Waals surface area contributed by atoms with E-state index in [4.69, 9.17) is 16.3 Å². The summed E-state index contributed by atoms with van der Waals surface area (Å²) < 4.78 is 6.13. The van der Waals surface area contributed by atoms with Crippen molar-refractivity contribution in [2.75, 3.05) is 25.0 Å². The summed E-state index contributed by atoms with van der Waals surface area (Å²) >= 11 is 6.45. The van der Waals surface area contributed by atoms with Gasteiger partial charge in [-0.25, -0.2) is 0 Å². The number of H-pyrrole nitrogens is 1. The molecule has 4 heterocycles. The van der Waals surface area contributed by atoms with Gasteiger partial charge in [0, 0.05) is 47.2 Å². The number of rotatable bonds is 7. The number of nitrogens with one attached hydrogen (secondary N) is 4. The molecule has 0 bridgehead atoms. The van der Waals surface area contributed by atoms with E-state index < -0.39 is 0 Å². The van der Waals surface area contributed by atoms with Crippen LogP contribution in [0.15, 0.2) is 36.7 Å². The van der Waals surface area contributed by atoms with Gasteiger partial charge in [0.1, 0.15) is 12.4 Å². The molecule has 2 aromatic heterocycles. The number of aromatic nitrogens is 2. The summed E-state index contributed by atoms with van der Waals surface area (Å²) in [6.07, 6.45) is 6.08. The van der Waals surface area contributed by atoms with Gasteiger partial charge in [0.05, 0.1) is 23.1 Å². The highest BCUT2D eigenvalue weighted by Gasteiger charge is 2.29. The highest BCUT2D eigenvalue weighted by Crippen LogP contribution is 2.41. The second-order valence-corrected chi connectivity index (χ2v) is 8.51. The summed E-state index contributed by atoms with van der Waals surface area (Å²) in [5.41, 5.74) is 5.85. The van der Waals surface area contributed by atoms with Gasteiger partial charge in [-0.3, -0.25) is 9.78 Å². The second-order valence-electron chi connectivity index (χ2n) is 8.10. The lowest BCUT2D eigenvalue weighted by molar-refractivity contribution is 0.0947. The lowest BCUT2D eigenvalue weighted by atomic mass is 10.0. The summed E-state index contributed by atoms with van der Waals surface area (Å²) in [5, 5.41) is 10.5. The molecule has 3 aromatic rings. The Labute approximate surface area is 191 Å². The van der Waals surface area contributed by atoms with E-state index in [1.807, 2.05) is 24.3 Å². The van der Waals surface area contributed by atoms with Gasteiger partial charge >= 0.3 is 0 Å². The molecule has 5 rings (SSSR count). The Balaban J connectivity index is 1.60. The fourth-order valence-electron chi connectivity index (χ4n) is 4.26. The van der Waals surface area contributed by atoms with E-state index in [-0.39, 0.29) is 5.91 Å². The van der Waals surface area contributed by atoms with Gasteiger partial charge in [0.2, 0.25) is 0 Å². The molecule has 0 saturated carbocycles. The topological polar surface area (TPSA) is 91.1 Å². The number of nitrogens with zero attached hydrogens (tertiary/aromatic N) is 1. The third kappa shape index (κ3) is 3.82. The molecule has 0 unspecified atom stereocenters. The minimum atomic E-state index is -0.0912. The van der Waals surface area contributed by atoms with Crippen molar-refractivity contribution >= 4 is 28.9 Å². The van der Waals surface area contributed by atoms with Crippen LogP contribution < -0.4 is 20.7 Å². The van der Waals surface area contributed by atoms with Crippen molar-refractivity contribution in [3.8, 4) is 17.0 Å². The van der Waals surface area contributed by atoms with E-state index in [0.29, 0.717) is 35.5 Å². The van der Waals surface area contributed by atoms with E-state index >= 15 is 0 Å². The monoisotopic (exact) mass is 451 g/mol. The van der Waals surface area contributed by atoms with Crippen LogP contribution in [0.25, 0.3) is 11.3 Å². The predicted octanol–water partition coefficient (Wildman–Crippen LogP) is 4.06. The number of fused-ring (bicyclic) bond motifs is 1. The highest BCUT2D eigenvalue weighted by molar-refractivity contribution is 6.31. The van der Waals surface area contributed by atoms with Crippen LogP contribution in [0.2, 0.25) is 5.02 Å². The third-order valence-corrected chi connectivity index (χ3v) is 6.47. The second kappa shape index (κ2) is 8.84. The molecule has 1 amide bonds. The van der Waals surface area contributed by atoms with Crippen LogP contribution in [0.1, 0.15) is 35.0 Å². The van der Waals surface area contributed by atoms with Crippen LogP contribution in [-0.2, 0) is 12.8 Å². The van der Waals surface area contributed by atoms with Crippen molar-refractivity contribution in [1.29, 1.82) is 0 Å². The van der Waals surface area contributed by atoms with E-state index in [1.54, 1.807) is 12.4 Å². The number of amides is 1. The summed E-state index contributed by atoms with van der Waals surface area (Å²) in [6, 6.07) is 8.06. The Kier molecular flexibility index (Phi) is 5.76.